The predicted octanol–water partition coefficient (Wildman–Crippen LogP) is 4.28. The van der Waals surface area contributed by atoms with Crippen LogP contribution in [0.3, 0.4) is 0 Å². The summed E-state index contributed by atoms with van der Waals surface area (Å²) in [6.45, 7) is 2.94. The Labute approximate surface area is 160 Å². The van der Waals surface area contributed by atoms with E-state index >= 15 is 0 Å². The number of aldehydes is 1. The zero-order valence-corrected chi connectivity index (χ0v) is 16.2. The summed E-state index contributed by atoms with van der Waals surface area (Å²) in [6, 6.07) is 8.79. The van der Waals surface area contributed by atoms with E-state index in [-0.39, 0.29) is 6.61 Å². The first-order valence-corrected chi connectivity index (χ1v) is 8.80. The van der Waals surface area contributed by atoms with Crippen molar-refractivity contribution >= 4 is 6.29 Å². The van der Waals surface area contributed by atoms with E-state index in [0.717, 1.165) is 24.7 Å². The number of methoxy groups -OCH3 is 3. The van der Waals surface area contributed by atoms with Crippen LogP contribution < -0.4 is 23.7 Å². The molecule has 2 rings (SSSR count). The van der Waals surface area contributed by atoms with Crippen molar-refractivity contribution in [3.63, 3.8) is 0 Å². The van der Waals surface area contributed by atoms with Gasteiger partial charge in [-0.2, -0.15) is 0 Å². The van der Waals surface area contributed by atoms with Crippen LogP contribution in [0.1, 0.15) is 35.7 Å². The Bertz CT molecular complexity index is 731. The maximum Gasteiger partial charge on any atom is 0.203 e. The molecule has 146 valence electrons. The molecule has 0 aliphatic rings. The van der Waals surface area contributed by atoms with Gasteiger partial charge in [-0.05, 0) is 42.3 Å². The number of rotatable bonds is 11. The van der Waals surface area contributed by atoms with Crippen molar-refractivity contribution in [3.8, 4) is 28.7 Å². The van der Waals surface area contributed by atoms with E-state index in [1.165, 1.54) is 0 Å². The number of unbranched alkanes of at least 4 members (excludes halogenated alkanes) is 1. The minimum absolute atomic E-state index is 0.279. The summed E-state index contributed by atoms with van der Waals surface area (Å²) < 4.78 is 27.8. The number of carbonyl (C=O) groups is 1. The van der Waals surface area contributed by atoms with E-state index in [4.69, 9.17) is 23.7 Å². The molecule has 0 bridgehead atoms. The molecule has 6 nitrogen and oxygen atoms in total. The smallest absolute Gasteiger partial charge is 0.203 e. The molecular weight excluding hydrogens is 348 g/mol. The number of hydrogen-bond acceptors (Lipinski definition) is 6. The van der Waals surface area contributed by atoms with Gasteiger partial charge in [0.1, 0.15) is 12.9 Å². The van der Waals surface area contributed by atoms with Crippen LogP contribution in [-0.4, -0.2) is 34.2 Å². The molecule has 0 saturated carbocycles. The minimum Gasteiger partial charge on any atom is -0.493 e. The van der Waals surface area contributed by atoms with Crippen molar-refractivity contribution in [1.29, 1.82) is 0 Å². The lowest BCUT2D eigenvalue weighted by Crippen LogP contribution is -2.03. The molecule has 0 atom stereocenters. The summed E-state index contributed by atoms with van der Waals surface area (Å²) in [5.74, 6) is 2.78. The molecule has 0 radical (unpaired) electrons. The SMILES string of the molecule is CCCCOc1cc(C=O)ccc1OCc1cc(OC)c(OC)c(OC)c1. The number of hydrogen-bond donors (Lipinski definition) is 0. The molecule has 0 aromatic heterocycles. The molecule has 27 heavy (non-hydrogen) atoms. The molecule has 0 aliphatic heterocycles. The van der Waals surface area contributed by atoms with Gasteiger partial charge in [0.05, 0.1) is 27.9 Å². The van der Waals surface area contributed by atoms with E-state index in [1.807, 2.05) is 12.1 Å². The first-order valence-electron chi connectivity index (χ1n) is 8.80. The summed E-state index contributed by atoms with van der Waals surface area (Å²) >= 11 is 0. The molecule has 0 amide bonds. The van der Waals surface area contributed by atoms with Gasteiger partial charge in [-0.1, -0.05) is 13.3 Å². The van der Waals surface area contributed by atoms with Crippen LogP contribution in [0.5, 0.6) is 28.7 Å². The van der Waals surface area contributed by atoms with E-state index in [2.05, 4.69) is 6.92 Å². The minimum atomic E-state index is 0.279. The molecule has 0 aliphatic carbocycles. The zero-order chi connectivity index (χ0) is 19.6. The van der Waals surface area contributed by atoms with Gasteiger partial charge in [0.15, 0.2) is 23.0 Å². The van der Waals surface area contributed by atoms with Crippen molar-refractivity contribution < 1.29 is 28.5 Å². The van der Waals surface area contributed by atoms with E-state index < -0.39 is 0 Å². The number of carbonyl (C=O) groups excluding carboxylic acids is 1. The lowest BCUT2D eigenvalue weighted by molar-refractivity contribution is 0.112. The van der Waals surface area contributed by atoms with Gasteiger partial charge in [0.25, 0.3) is 0 Å². The Hall–Kier alpha value is -2.89. The van der Waals surface area contributed by atoms with E-state index in [0.29, 0.717) is 40.9 Å². The standard InChI is InChI=1S/C21H26O6/c1-5-6-9-26-18-10-15(13-22)7-8-17(18)27-14-16-11-19(23-2)21(25-4)20(12-16)24-3/h7-8,10-13H,5-6,9,14H2,1-4H3. The van der Waals surface area contributed by atoms with Crippen LogP contribution in [0.4, 0.5) is 0 Å². The molecule has 0 fully saturated rings. The van der Waals surface area contributed by atoms with Crippen LogP contribution in [0.2, 0.25) is 0 Å². The maximum atomic E-state index is 11.0. The lowest BCUT2D eigenvalue weighted by atomic mass is 10.2. The first kappa shape index (κ1) is 20.4. The fourth-order valence-electron chi connectivity index (χ4n) is 2.54. The van der Waals surface area contributed by atoms with Gasteiger partial charge in [-0.15, -0.1) is 0 Å². The molecular formula is C21H26O6. The largest absolute Gasteiger partial charge is 0.493 e. The Morgan fingerprint density at radius 2 is 1.56 bits per heavy atom. The highest BCUT2D eigenvalue weighted by molar-refractivity contribution is 5.76. The summed E-state index contributed by atoms with van der Waals surface area (Å²) in [7, 11) is 4.70. The average Bonchev–Trinajstić information content (AvgIpc) is 2.71. The summed E-state index contributed by atoms with van der Waals surface area (Å²) in [6.07, 6.45) is 2.74. The normalized spacial score (nSPS) is 10.2. The van der Waals surface area contributed by atoms with Gasteiger partial charge in [-0.25, -0.2) is 0 Å². The van der Waals surface area contributed by atoms with Crippen molar-refractivity contribution in [2.75, 3.05) is 27.9 Å². The first-order chi connectivity index (χ1) is 13.2. The highest BCUT2D eigenvalue weighted by atomic mass is 16.5. The third kappa shape index (κ3) is 5.29. The Kier molecular flexibility index (Phi) is 7.79. The maximum absolute atomic E-state index is 11.0. The summed E-state index contributed by atoms with van der Waals surface area (Å²) in [5, 5.41) is 0. The third-order valence-corrected chi connectivity index (χ3v) is 3.98. The second kappa shape index (κ2) is 10.3. The summed E-state index contributed by atoms with van der Waals surface area (Å²) in [5.41, 5.74) is 1.39. The molecule has 0 saturated heterocycles. The van der Waals surface area contributed by atoms with Crippen molar-refractivity contribution in [1.82, 2.24) is 0 Å². The number of benzene rings is 2. The highest BCUT2D eigenvalue weighted by Gasteiger charge is 2.14. The van der Waals surface area contributed by atoms with Crippen LogP contribution >= 0.6 is 0 Å². The molecule has 0 unspecified atom stereocenters. The Morgan fingerprint density at radius 1 is 0.852 bits per heavy atom. The van der Waals surface area contributed by atoms with Crippen LogP contribution in [0.25, 0.3) is 0 Å². The monoisotopic (exact) mass is 374 g/mol. The van der Waals surface area contributed by atoms with Gasteiger partial charge in [-0.3, -0.25) is 4.79 Å². The molecule has 2 aromatic carbocycles. The van der Waals surface area contributed by atoms with Crippen LogP contribution in [0.15, 0.2) is 30.3 Å². The second-order valence-corrected chi connectivity index (χ2v) is 5.85. The predicted molar refractivity (Wildman–Crippen MR) is 103 cm³/mol. The highest BCUT2D eigenvalue weighted by Crippen LogP contribution is 2.38. The van der Waals surface area contributed by atoms with Crippen LogP contribution in [0, 0.1) is 0 Å². The second-order valence-electron chi connectivity index (χ2n) is 5.85. The summed E-state index contributed by atoms with van der Waals surface area (Å²) in [4.78, 5) is 11.0. The quantitative estimate of drug-likeness (QED) is 0.432. The Balaban J connectivity index is 2.21. The Morgan fingerprint density at radius 3 is 2.11 bits per heavy atom. The van der Waals surface area contributed by atoms with Gasteiger partial charge in [0, 0.05) is 5.56 Å². The van der Waals surface area contributed by atoms with Crippen molar-refractivity contribution in [3.05, 3.63) is 41.5 Å². The molecule has 0 spiro atoms. The van der Waals surface area contributed by atoms with Gasteiger partial charge >= 0.3 is 0 Å². The van der Waals surface area contributed by atoms with E-state index in [1.54, 1.807) is 39.5 Å². The van der Waals surface area contributed by atoms with Crippen LogP contribution in [-0.2, 0) is 6.61 Å². The zero-order valence-electron chi connectivity index (χ0n) is 16.2. The lowest BCUT2D eigenvalue weighted by Gasteiger charge is -2.16. The molecule has 6 heteroatoms. The van der Waals surface area contributed by atoms with Crippen molar-refractivity contribution in [2.45, 2.75) is 26.4 Å². The fourth-order valence-corrected chi connectivity index (χ4v) is 2.54. The number of ether oxygens (including phenoxy) is 5. The molecule has 0 heterocycles. The molecule has 2 aromatic rings. The average molecular weight is 374 g/mol. The van der Waals surface area contributed by atoms with Gasteiger partial charge < -0.3 is 23.7 Å². The fraction of sp³-hybridized carbons (Fsp3) is 0.381. The third-order valence-electron chi connectivity index (χ3n) is 3.98. The van der Waals surface area contributed by atoms with Crippen molar-refractivity contribution in [2.24, 2.45) is 0 Å². The topological polar surface area (TPSA) is 63.2 Å². The van der Waals surface area contributed by atoms with Gasteiger partial charge in [0.2, 0.25) is 5.75 Å². The van der Waals surface area contributed by atoms with E-state index in [9.17, 15) is 4.79 Å². The molecule has 0 N–H and O–H groups in total.